The van der Waals surface area contributed by atoms with Gasteiger partial charge in [-0.1, -0.05) is 6.42 Å². The van der Waals surface area contributed by atoms with E-state index in [4.69, 9.17) is 0 Å². The topological polar surface area (TPSA) is 32.3 Å². The van der Waals surface area contributed by atoms with Crippen molar-refractivity contribution in [1.29, 1.82) is 0 Å². The summed E-state index contributed by atoms with van der Waals surface area (Å²) in [5, 5.41) is 3.23. The summed E-state index contributed by atoms with van der Waals surface area (Å²) in [6.45, 7) is 1.75. The molecule has 0 radical (unpaired) electrons. The van der Waals surface area contributed by atoms with Gasteiger partial charge in [0.05, 0.1) is 5.92 Å². The van der Waals surface area contributed by atoms with Crippen LogP contribution >= 0.6 is 12.4 Å². The van der Waals surface area contributed by atoms with Crippen molar-refractivity contribution in [2.24, 2.45) is 11.8 Å². The number of hydrogen-bond acceptors (Lipinski definition) is 2. The van der Waals surface area contributed by atoms with E-state index in [2.05, 4.69) is 5.32 Å². The van der Waals surface area contributed by atoms with Gasteiger partial charge < -0.3 is 10.2 Å². The Hall–Kier alpha value is -0.490. The van der Waals surface area contributed by atoms with Crippen molar-refractivity contribution in [2.45, 2.75) is 50.7 Å². The minimum absolute atomic E-state index is 0. The van der Waals surface area contributed by atoms with Gasteiger partial charge >= 0.3 is 6.18 Å². The second-order valence-electron chi connectivity index (χ2n) is 6.03. The van der Waals surface area contributed by atoms with E-state index in [1.165, 1.54) is 0 Å². The lowest BCUT2D eigenvalue weighted by Gasteiger charge is -2.36. The van der Waals surface area contributed by atoms with Crippen LogP contribution in [0.25, 0.3) is 0 Å². The molecule has 124 valence electrons. The fraction of sp³-hybridized carbons (Fsp3) is 0.929. The molecule has 1 aliphatic carbocycles. The smallest absolute Gasteiger partial charge is 0.342 e. The van der Waals surface area contributed by atoms with E-state index in [-0.39, 0.29) is 37.2 Å². The van der Waals surface area contributed by atoms with Gasteiger partial charge in [-0.05, 0) is 45.2 Å². The van der Waals surface area contributed by atoms with Crippen molar-refractivity contribution < 1.29 is 18.0 Å². The number of halogens is 4. The first-order valence-electron chi connectivity index (χ1n) is 7.43. The number of rotatable bonds is 2. The number of piperidine rings is 1. The van der Waals surface area contributed by atoms with Crippen LogP contribution in [0, 0.1) is 11.8 Å². The summed E-state index contributed by atoms with van der Waals surface area (Å²) >= 11 is 0. The molecule has 2 unspecified atom stereocenters. The van der Waals surface area contributed by atoms with Crippen molar-refractivity contribution in [1.82, 2.24) is 10.2 Å². The largest absolute Gasteiger partial charge is 0.391 e. The SMILES string of the molecule is CN(C(=O)C1CCCC(C(F)(F)F)C1)C1CCNCC1.Cl. The first-order valence-corrected chi connectivity index (χ1v) is 7.43. The molecule has 1 saturated carbocycles. The van der Waals surface area contributed by atoms with Crippen LogP contribution in [-0.4, -0.2) is 43.2 Å². The second-order valence-corrected chi connectivity index (χ2v) is 6.03. The minimum atomic E-state index is -4.16. The lowest BCUT2D eigenvalue weighted by atomic mass is 9.80. The molecule has 3 nitrogen and oxygen atoms in total. The molecule has 0 spiro atoms. The van der Waals surface area contributed by atoms with E-state index in [1.807, 2.05) is 0 Å². The summed E-state index contributed by atoms with van der Waals surface area (Å²) in [5.41, 5.74) is 0. The second kappa shape index (κ2) is 7.68. The molecule has 2 aliphatic rings. The molecule has 2 fully saturated rings. The summed E-state index contributed by atoms with van der Waals surface area (Å²) in [7, 11) is 1.75. The van der Waals surface area contributed by atoms with Gasteiger partial charge in [0.15, 0.2) is 0 Å². The van der Waals surface area contributed by atoms with Gasteiger partial charge in [-0.25, -0.2) is 0 Å². The Labute approximate surface area is 130 Å². The van der Waals surface area contributed by atoms with Crippen molar-refractivity contribution in [3.05, 3.63) is 0 Å². The summed E-state index contributed by atoms with van der Waals surface area (Å²) in [6.07, 6.45) is -1.15. The maximum Gasteiger partial charge on any atom is 0.391 e. The van der Waals surface area contributed by atoms with E-state index in [9.17, 15) is 18.0 Å². The number of alkyl halides is 3. The molecule has 1 heterocycles. The van der Waals surface area contributed by atoms with Gasteiger partial charge in [0.2, 0.25) is 5.91 Å². The van der Waals surface area contributed by atoms with Gasteiger partial charge in [0, 0.05) is 19.0 Å². The van der Waals surface area contributed by atoms with Gasteiger partial charge in [-0.15, -0.1) is 12.4 Å². The highest BCUT2D eigenvalue weighted by atomic mass is 35.5. The van der Waals surface area contributed by atoms with E-state index in [0.29, 0.717) is 12.8 Å². The summed E-state index contributed by atoms with van der Waals surface area (Å²) < 4.78 is 38.4. The molecule has 0 aromatic rings. The van der Waals surface area contributed by atoms with E-state index in [1.54, 1.807) is 11.9 Å². The van der Waals surface area contributed by atoms with Crippen LogP contribution < -0.4 is 5.32 Å². The Morgan fingerprint density at radius 3 is 2.33 bits per heavy atom. The normalized spacial score (nSPS) is 27.8. The zero-order valence-corrected chi connectivity index (χ0v) is 13.1. The van der Waals surface area contributed by atoms with Crippen molar-refractivity contribution in [3.8, 4) is 0 Å². The fourth-order valence-corrected chi connectivity index (χ4v) is 3.37. The number of nitrogens with one attached hydrogen (secondary N) is 1. The van der Waals surface area contributed by atoms with Crippen LogP contribution in [0.4, 0.5) is 13.2 Å². The molecule has 2 atom stereocenters. The third-order valence-corrected chi connectivity index (χ3v) is 4.69. The third-order valence-electron chi connectivity index (χ3n) is 4.69. The maximum atomic E-state index is 12.8. The number of carbonyl (C=O) groups excluding carboxylic acids is 1. The van der Waals surface area contributed by atoms with Crippen LogP contribution in [0.2, 0.25) is 0 Å². The Balaban J connectivity index is 0.00000220. The van der Waals surface area contributed by atoms with Crippen molar-refractivity contribution >= 4 is 18.3 Å². The molecule has 1 aliphatic heterocycles. The quantitative estimate of drug-likeness (QED) is 0.845. The first-order chi connectivity index (χ1) is 9.39. The summed E-state index contributed by atoms with van der Waals surface area (Å²) in [6, 6.07) is 0.176. The Bertz CT molecular complexity index is 346. The fourth-order valence-electron chi connectivity index (χ4n) is 3.37. The molecule has 0 aromatic carbocycles. The molecular formula is C14H24ClF3N2O. The number of carbonyl (C=O) groups is 1. The Kier molecular flexibility index (Phi) is 6.78. The van der Waals surface area contributed by atoms with Gasteiger partial charge in [-0.2, -0.15) is 13.2 Å². The Morgan fingerprint density at radius 2 is 1.76 bits per heavy atom. The monoisotopic (exact) mass is 328 g/mol. The molecule has 1 amide bonds. The lowest BCUT2D eigenvalue weighted by molar-refractivity contribution is -0.187. The molecule has 1 N–H and O–H groups in total. The Morgan fingerprint density at radius 1 is 1.14 bits per heavy atom. The highest BCUT2D eigenvalue weighted by Crippen LogP contribution is 2.40. The zero-order valence-electron chi connectivity index (χ0n) is 12.3. The van der Waals surface area contributed by atoms with Gasteiger partial charge in [-0.3, -0.25) is 4.79 Å². The lowest BCUT2D eigenvalue weighted by Crippen LogP contribution is -2.47. The standard InChI is InChI=1S/C14H23F3N2O.ClH/c1-19(12-5-7-18-8-6-12)13(20)10-3-2-4-11(9-10)14(15,16)17;/h10-12,18H,2-9H2,1H3;1H. The highest BCUT2D eigenvalue weighted by Gasteiger charge is 2.44. The highest BCUT2D eigenvalue weighted by molar-refractivity contribution is 5.85. The van der Waals surface area contributed by atoms with Gasteiger partial charge in [0.25, 0.3) is 0 Å². The molecule has 0 bridgehead atoms. The van der Waals surface area contributed by atoms with Crippen LogP contribution in [-0.2, 0) is 4.79 Å². The number of nitrogens with zero attached hydrogens (tertiary/aromatic N) is 1. The van der Waals surface area contributed by atoms with E-state index < -0.39 is 18.0 Å². The number of hydrogen-bond donors (Lipinski definition) is 1. The predicted octanol–water partition coefficient (Wildman–Crippen LogP) is 2.99. The summed E-state index contributed by atoms with van der Waals surface area (Å²) in [4.78, 5) is 14.1. The minimum Gasteiger partial charge on any atom is -0.342 e. The first kappa shape index (κ1) is 18.6. The van der Waals surface area contributed by atoms with Crippen LogP contribution in [0.5, 0.6) is 0 Å². The van der Waals surface area contributed by atoms with Crippen LogP contribution in [0.15, 0.2) is 0 Å². The molecule has 1 saturated heterocycles. The van der Waals surface area contributed by atoms with Crippen molar-refractivity contribution in [3.63, 3.8) is 0 Å². The average molecular weight is 329 g/mol. The van der Waals surface area contributed by atoms with Crippen LogP contribution in [0.3, 0.4) is 0 Å². The third kappa shape index (κ3) is 4.74. The van der Waals surface area contributed by atoms with E-state index in [0.717, 1.165) is 25.9 Å². The average Bonchev–Trinajstić information content (AvgIpc) is 2.46. The molecule has 7 heteroatoms. The molecular weight excluding hydrogens is 305 g/mol. The molecule has 2 rings (SSSR count). The summed E-state index contributed by atoms with van der Waals surface area (Å²) in [5.74, 6) is -1.84. The zero-order chi connectivity index (χ0) is 14.8. The van der Waals surface area contributed by atoms with Gasteiger partial charge in [0.1, 0.15) is 0 Å². The predicted molar refractivity (Wildman–Crippen MR) is 77.4 cm³/mol. The molecule has 0 aromatic heterocycles. The maximum absolute atomic E-state index is 12.8. The molecule has 21 heavy (non-hydrogen) atoms. The van der Waals surface area contributed by atoms with Crippen molar-refractivity contribution in [2.75, 3.05) is 20.1 Å². The van der Waals surface area contributed by atoms with E-state index >= 15 is 0 Å². The van der Waals surface area contributed by atoms with Crippen LogP contribution in [0.1, 0.15) is 38.5 Å². The number of amides is 1.